The molecule has 0 bridgehead atoms. The Morgan fingerprint density at radius 1 is 1.39 bits per heavy atom. The van der Waals surface area contributed by atoms with E-state index in [-0.39, 0.29) is 12.1 Å². The highest BCUT2D eigenvalue weighted by molar-refractivity contribution is 5.10. The van der Waals surface area contributed by atoms with Crippen LogP contribution in [0.3, 0.4) is 0 Å². The highest BCUT2D eigenvalue weighted by Gasteiger charge is 2.36. The zero-order valence-corrected chi connectivity index (χ0v) is 13.8. The van der Waals surface area contributed by atoms with Crippen molar-refractivity contribution in [2.24, 2.45) is 7.05 Å². The summed E-state index contributed by atoms with van der Waals surface area (Å²) in [6, 6.07) is 0.275. The van der Waals surface area contributed by atoms with Crippen molar-refractivity contribution in [1.82, 2.24) is 29.9 Å². The number of methoxy groups -OCH3 is 1. The number of rotatable bonds is 6. The maximum absolute atomic E-state index is 5.60. The summed E-state index contributed by atoms with van der Waals surface area (Å²) in [6.07, 6.45) is 8.72. The molecule has 0 spiro atoms. The van der Waals surface area contributed by atoms with E-state index in [9.17, 15) is 0 Å². The summed E-state index contributed by atoms with van der Waals surface area (Å²) in [7, 11) is 3.75. The van der Waals surface area contributed by atoms with Crippen LogP contribution in [-0.4, -0.2) is 56.2 Å². The van der Waals surface area contributed by atoms with E-state index in [0.717, 1.165) is 37.6 Å². The number of H-pyrrole nitrogens is 1. The van der Waals surface area contributed by atoms with Gasteiger partial charge in [-0.1, -0.05) is 0 Å². The average Bonchev–Trinajstić information content (AvgIpc) is 2.99. The maximum Gasteiger partial charge on any atom is 0.153 e. The summed E-state index contributed by atoms with van der Waals surface area (Å²) >= 11 is 0. The van der Waals surface area contributed by atoms with Gasteiger partial charge in [0, 0.05) is 39.4 Å². The molecule has 0 aromatic carbocycles. The van der Waals surface area contributed by atoms with Gasteiger partial charge in [-0.05, 0) is 31.2 Å². The number of aryl methyl sites for hydroxylation is 1. The second kappa shape index (κ2) is 6.05. The molecule has 0 amide bonds. The first-order chi connectivity index (χ1) is 11.2. The van der Waals surface area contributed by atoms with Crippen LogP contribution in [0.15, 0.2) is 12.4 Å². The van der Waals surface area contributed by atoms with Gasteiger partial charge >= 0.3 is 0 Å². The predicted molar refractivity (Wildman–Crippen MR) is 85.0 cm³/mol. The first-order valence-electron chi connectivity index (χ1n) is 8.39. The smallest absolute Gasteiger partial charge is 0.153 e. The fourth-order valence-corrected chi connectivity index (χ4v) is 3.40. The van der Waals surface area contributed by atoms with Crippen LogP contribution in [0, 0.1) is 0 Å². The summed E-state index contributed by atoms with van der Waals surface area (Å²) in [5.41, 5.74) is 1.27. The van der Waals surface area contributed by atoms with E-state index in [2.05, 4.69) is 26.4 Å². The normalized spacial score (nSPS) is 25.3. The van der Waals surface area contributed by atoms with Crippen LogP contribution in [-0.2, 0) is 18.2 Å². The molecule has 3 heterocycles. The quantitative estimate of drug-likeness (QED) is 0.872. The minimum atomic E-state index is 0.267. The van der Waals surface area contributed by atoms with Crippen LogP contribution in [0.1, 0.15) is 48.4 Å². The third-order valence-corrected chi connectivity index (χ3v) is 4.92. The zero-order chi connectivity index (χ0) is 15.8. The van der Waals surface area contributed by atoms with E-state index < -0.39 is 0 Å². The molecule has 7 nitrogen and oxygen atoms in total. The molecule has 7 heteroatoms. The van der Waals surface area contributed by atoms with Crippen LogP contribution in [0.5, 0.6) is 0 Å². The van der Waals surface area contributed by atoms with E-state index in [4.69, 9.17) is 9.72 Å². The van der Waals surface area contributed by atoms with Gasteiger partial charge in [0.05, 0.1) is 18.3 Å². The number of likely N-dealkylation sites (tertiary alicyclic amines) is 1. The van der Waals surface area contributed by atoms with E-state index in [0.29, 0.717) is 5.92 Å². The third-order valence-electron chi connectivity index (χ3n) is 4.92. The highest BCUT2D eigenvalue weighted by Crippen LogP contribution is 2.39. The Balaban J connectivity index is 1.45. The molecule has 1 N–H and O–H groups in total. The zero-order valence-electron chi connectivity index (χ0n) is 13.8. The van der Waals surface area contributed by atoms with E-state index in [1.54, 1.807) is 7.11 Å². The standard InChI is InChI=1S/C16H24N6O/c1-21-9-11(8-17-21)5-6-22-10-13(23-2)7-14(22)16-18-15(19-20-16)12-3-4-12/h8-9,12-14H,3-7,10H2,1-2H3,(H,18,19,20)/t13-,14+/m1/s1. The monoisotopic (exact) mass is 316 g/mol. The predicted octanol–water partition coefficient (Wildman–Crippen LogP) is 1.42. The van der Waals surface area contributed by atoms with Crippen molar-refractivity contribution in [3.63, 3.8) is 0 Å². The van der Waals surface area contributed by atoms with Crippen molar-refractivity contribution >= 4 is 0 Å². The fraction of sp³-hybridized carbons (Fsp3) is 0.688. The van der Waals surface area contributed by atoms with Gasteiger partial charge < -0.3 is 4.74 Å². The number of nitrogens with one attached hydrogen (secondary N) is 1. The van der Waals surface area contributed by atoms with Crippen LogP contribution in [0.4, 0.5) is 0 Å². The molecule has 0 radical (unpaired) electrons. The molecule has 1 aliphatic carbocycles. The molecule has 1 aliphatic heterocycles. The number of aromatic nitrogens is 5. The van der Waals surface area contributed by atoms with Gasteiger partial charge in [-0.3, -0.25) is 14.7 Å². The molecule has 1 saturated carbocycles. The second-order valence-corrected chi connectivity index (χ2v) is 6.73. The molecular formula is C16H24N6O. The Labute approximate surface area is 136 Å². The van der Waals surface area contributed by atoms with Crippen LogP contribution < -0.4 is 0 Å². The fourth-order valence-electron chi connectivity index (χ4n) is 3.40. The number of ether oxygens (including phenoxy) is 1. The first kappa shape index (κ1) is 14.8. The number of aromatic amines is 1. The Morgan fingerprint density at radius 2 is 2.26 bits per heavy atom. The lowest BCUT2D eigenvalue weighted by molar-refractivity contribution is 0.108. The molecule has 2 fully saturated rings. The van der Waals surface area contributed by atoms with Gasteiger partial charge in [-0.2, -0.15) is 10.2 Å². The molecule has 1 saturated heterocycles. The Morgan fingerprint density at radius 3 is 2.96 bits per heavy atom. The van der Waals surface area contributed by atoms with Gasteiger partial charge in [-0.25, -0.2) is 4.98 Å². The average molecular weight is 316 g/mol. The topological polar surface area (TPSA) is 71.9 Å². The molecule has 0 unspecified atom stereocenters. The number of hydrogen-bond donors (Lipinski definition) is 1. The van der Waals surface area contributed by atoms with Crippen molar-refractivity contribution in [3.05, 3.63) is 29.6 Å². The summed E-state index contributed by atoms with van der Waals surface area (Å²) in [5.74, 6) is 2.58. The molecule has 2 aliphatic rings. The molecule has 2 atom stereocenters. The lowest BCUT2D eigenvalue weighted by atomic mass is 10.1. The Bertz CT molecular complexity index is 661. The largest absolute Gasteiger partial charge is 0.380 e. The number of nitrogens with zero attached hydrogens (tertiary/aromatic N) is 5. The van der Waals surface area contributed by atoms with Crippen molar-refractivity contribution < 1.29 is 4.74 Å². The lowest BCUT2D eigenvalue weighted by Gasteiger charge is -2.21. The van der Waals surface area contributed by atoms with Crippen molar-refractivity contribution in [2.45, 2.75) is 43.7 Å². The van der Waals surface area contributed by atoms with E-state index in [1.165, 1.54) is 18.4 Å². The van der Waals surface area contributed by atoms with E-state index in [1.807, 2.05) is 17.9 Å². The van der Waals surface area contributed by atoms with Crippen LogP contribution >= 0.6 is 0 Å². The molecular weight excluding hydrogens is 292 g/mol. The highest BCUT2D eigenvalue weighted by atomic mass is 16.5. The summed E-state index contributed by atoms with van der Waals surface area (Å²) in [4.78, 5) is 7.21. The molecule has 2 aromatic rings. The molecule has 4 rings (SSSR count). The van der Waals surface area contributed by atoms with Crippen molar-refractivity contribution in [2.75, 3.05) is 20.2 Å². The SMILES string of the molecule is CO[C@@H]1C[C@@H](c2nc(C3CC3)n[nH]2)N(CCc2cnn(C)c2)C1. The van der Waals surface area contributed by atoms with Gasteiger partial charge in [-0.15, -0.1) is 0 Å². The summed E-state index contributed by atoms with van der Waals surface area (Å²) in [5, 5.41) is 11.8. The van der Waals surface area contributed by atoms with Gasteiger partial charge in [0.15, 0.2) is 5.82 Å². The maximum atomic E-state index is 5.60. The van der Waals surface area contributed by atoms with Crippen LogP contribution in [0.2, 0.25) is 0 Å². The summed E-state index contributed by atoms with van der Waals surface area (Å²) < 4.78 is 7.45. The van der Waals surface area contributed by atoms with Gasteiger partial charge in [0.2, 0.25) is 0 Å². The Hall–Kier alpha value is -1.73. The van der Waals surface area contributed by atoms with E-state index >= 15 is 0 Å². The Kier molecular flexibility index (Phi) is 3.90. The number of hydrogen-bond acceptors (Lipinski definition) is 5. The van der Waals surface area contributed by atoms with Crippen LogP contribution in [0.25, 0.3) is 0 Å². The molecule has 124 valence electrons. The second-order valence-electron chi connectivity index (χ2n) is 6.73. The van der Waals surface area contributed by atoms with Gasteiger partial charge in [0.1, 0.15) is 5.82 Å². The van der Waals surface area contributed by atoms with Crippen molar-refractivity contribution in [3.8, 4) is 0 Å². The molecule has 2 aromatic heterocycles. The van der Waals surface area contributed by atoms with Crippen molar-refractivity contribution in [1.29, 1.82) is 0 Å². The molecule has 23 heavy (non-hydrogen) atoms. The third kappa shape index (κ3) is 3.16. The first-order valence-corrected chi connectivity index (χ1v) is 8.39. The minimum absolute atomic E-state index is 0.267. The lowest BCUT2D eigenvalue weighted by Crippen LogP contribution is -2.28. The summed E-state index contributed by atoms with van der Waals surface area (Å²) in [6.45, 7) is 1.93. The minimum Gasteiger partial charge on any atom is -0.380 e. The van der Waals surface area contributed by atoms with Gasteiger partial charge in [0.25, 0.3) is 0 Å².